The Bertz CT molecular complexity index is 1190. The average Bonchev–Trinajstić information content (AvgIpc) is 2.92. The molecule has 2 amide bonds. The van der Waals surface area contributed by atoms with Gasteiger partial charge in [-0.1, -0.05) is 30.7 Å². The second kappa shape index (κ2) is 12.8. The van der Waals surface area contributed by atoms with Crippen LogP contribution < -0.4 is 5.32 Å². The largest absolute Gasteiger partial charge is 0.463 e. The minimum Gasteiger partial charge on any atom is -0.463 e. The van der Waals surface area contributed by atoms with E-state index in [1.165, 1.54) is 31.4 Å². The van der Waals surface area contributed by atoms with E-state index in [4.69, 9.17) is 4.74 Å². The lowest BCUT2D eigenvalue weighted by molar-refractivity contribution is -0.140. The third kappa shape index (κ3) is 6.67. The van der Waals surface area contributed by atoms with Gasteiger partial charge in [-0.2, -0.15) is 0 Å². The zero-order valence-corrected chi connectivity index (χ0v) is 22.2. The summed E-state index contributed by atoms with van der Waals surface area (Å²) in [4.78, 5) is 43.0. The number of piperidine rings is 1. The summed E-state index contributed by atoms with van der Waals surface area (Å²) < 4.78 is 18.8. The molecule has 38 heavy (non-hydrogen) atoms. The van der Waals surface area contributed by atoms with E-state index in [1.54, 1.807) is 49.1 Å². The van der Waals surface area contributed by atoms with Crippen LogP contribution in [0.4, 0.5) is 4.39 Å². The van der Waals surface area contributed by atoms with E-state index >= 15 is 0 Å². The van der Waals surface area contributed by atoms with Crippen LogP contribution in [-0.2, 0) is 20.9 Å². The Morgan fingerprint density at radius 1 is 1.08 bits per heavy atom. The summed E-state index contributed by atoms with van der Waals surface area (Å²) in [5.74, 6) is -1.69. The number of ether oxygens (including phenoxy) is 1. The van der Waals surface area contributed by atoms with Crippen molar-refractivity contribution in [3.63, 3.8) is 0 Å². The van der Waals surface area contributed by atoms with Gasteiger partial charge < -0.3 is 19.9 Å². The number of hydrogen-bond acceptors (Lipinski definition) is 5. The molecule has 0 bridgehead atoms. The van der Waals surface area contributed by atoms with Crippen LogP contribution in [0.3, 0.4) is 0 Å². The van der Waals surface area contributed by atoms with Crippen molar-refractivity contribution >= 4 is 17.8 Å². The number of benzene rings is 2. The molecule has 2 heterocycles. The average molecular weight is 522 g/mol. The van der Waals surface area contributed by atoms with E-state index in [0.29, 0.717) is 28.9 Å². The van der Waals surface area contributed by atoms with Gasteiger partial charge in [0.2, 0.25) is 5.91 Å². The number of rotatable bonds is 9. The van der Waals surface area contributed by atoms with E-state index < -0.39 is 11.9 Å². The van der Waals surface area contributed by atoms with Crippen LogP contribution >= 0.6 is 0 Å². The zero-order chi connectivity index (χ0) is 27.1. The number of nitrogens with one attached hydrogen (secondary N) is 1. The number of nitrogens with zero attached hydrogens (tertiary/aromatic N) is 2. The second-order valence-electron chi connectivity index (χ2n) is 9.87. The minimum absolute atomic E-state index is 0.0633. The number of hydrogen-bond donors (Lipinski definition) is 1. The lowest BCUT2D eigenvalue weighted by Crippen LogP contribution is -2.38. The Morgan fingerprint density at radius 3 is 2.53 bits per heavy atom. The standard InChI is InChI=1S/C30H36FN3O4/c1-3-38-30(37)28-21(2)34(27(35)19-26(28)23-10-12-25(31)13-11-23)20-22-8-7-9-24(18-22)29(36)32-14-17-33-15-5-4-6-16-33/h7-13,18,26H,3-6,14-17,19-20H2,1-2H3,(H,32,36). The molecule has 1 fully saturated rings. The quantitative estimate of drug-likeness (QED) is 0.495. The smallest absolute Gasteiger partial charge is 0.336 e. The number of carbonyl (C=O) groups excluding carboxylic acids is 3. The van der Waals surface area contributed by atoms with Gasteiger partial charge in [0.05, 0.1) is 18.7 Å². The summed E-state index contributed by atoms with van der Waals surface area (Å²) in [6.07, 6.45) is 3.76. The van der Waals surface area contributed by atoms with Gasteiger partial charge in [-0.25, -0.2) is 9.18 Å². The highest BCUT2D eigenvalue weighted by Crippen LogP contribution is 2.37. The van der Waals surface area contributed by atoms with Crippen LogP contribution in [0.15, 0.2) is 59.8 Å². The summed E-state index contributed by atoms with van der Waals surface area (Å²) in [5.41, 5.74) is 2.90. The van der Waals surface area contributed by atoms with Gasteiger partial charge >= 0.3 is 5.97 Å². The van der Waals surface area contributed by atoms with Crippen molar-refractivity contribution < 1.29 is 23.5 Å². The molecule has 1 saturated heterocycles. The molecule has 0 saturated carbocycles. The zero-order valence-electron chi connectivity index (χ0n) is 22.2. The molecule has 1 N–H and O–H groups in total. The van der Waals surface area contributed by atoms with Gasteiger partial charge in [-0.05, 0) is 75.2 Å². The molecule has 0 aromatic heterocycles. The first-order chi connectivity index (χ1) is 18.4. The lowest BCUT2D eigenvalue weighted by atomic mass is 9.83. The van der Waals surface area contributed by atoms with Crippen molar-refractivity contribution in [1.29, 1.82) is 0 Å². The molecular weight excluding hydrogens is 485 g/mol. The fraction of sp³-hybridized carbons (Fsp3) is 0.433. The topological polar surface area (TPSA) is 79.0 Å². The van der Waals surface area contributed by atoms with Crippen LogP contribution in [0.2, 0.25) is 0 Å². The maximum Gasteiger partial charge on any atom is 0.336 e. The SMILES string of the molecule is CCOC(=O)C1=C(C)N(Cc2cccc(C(=O)NCCN3CCCCC3)c2)C(=O)CC1c1ccc(F)cc1. The summed E-state index contributed by atoms with van der Waals surface area (Å²) in [7, 11) is 0. The molecule has 8 heteroatoms. The van der Waals surface area contributed by atoms with Crippen LogP contribution in [-0.4, -0.2) is 60.4 Å². The highest BCUT2D eigenvalue weighted by atomic mass is 19.1. The number of esters is 1. The first-order valence-electron chi connectivity index (χ1n) is 13.4. The third-order valence-corrected chi connectivity index (χ3v) is 7.28. The van der Waals surface area contributed by atoms with Crippen LogP contribution in [0.5, 0.6) is 0 Å². The lowest BCUT2D eigenvalue weighted by Gasteiger charge is -2.34. The van der Waals surface area contributed by atoms with Gasteiger partial charge in [0, 0.05) is 36.7 Å². The van der Waals surface area contributed by atoms with Crippen molar-refractivity contribution in [3.05, 3.63) is 82.3 Å². The van der Waals surface area contributed by atoms with Crippen molar-refractivity contribution in [2.24, 2.45) is 0 Å². The number of likely N-dealkylation sites (tertiary alicyclic amines) is 1. The summed E-state index contributed by atoms with van der Waals surface area (Å²) in [6, 6.07) is 13.1. The summed E-state index contributed by atoms with van der Waals surface area (Å²) in [5, 5.41) is 3.00. The second-order valence-corrected chi connectivity index (χ2v) is 9.87. The predicted octanol–water partition coefficient (Wildman–Crippen LogP) is 4.39. The van der Waals surface area contributed by atoms with Crippen molar-refractivity contribution in [2.75, 3.05) is 32.8 Å². The Kier molecular flexibility index (Phi) is 9.29. The van der Waals surface area contributed by atoms with Gasteiger partial charge in [-0.3, -0.25) is 9.59 Å². The highest BCUT2D eigenvalue weighted by molar-refractivity contribution is 5.96. The predicted molar refractivity (Wildman–Crippen MR) is 143 cm³/mol. The third-order valence-electron chi connectivity index (χ3n) is 7.28. The Balaban J connectivity index is 1.50. The Hall–Kier alpha value is -3.52. The number of allylic oxidation sites excluding steroid dienone is 1. The molecule has 0 radical (unpaired) electrons. The number of carbonyl (C=O) groups is 3. The maximum absolute atomic E-state index is 13.5. The molecular formula is C30H36FN3O4. The van der Waals surface area contributed by atoms with Crippen molar-refractivity contribution in [1.82, 2.24) is 15.1 Å². The molecule has 1 atom stereocenters. The van der Waals surface area contributed by atoms with E-state index in [0.717, 1.165) is 25.2 Å². The molecule has 7 nitrogen and oxygen atoms in total. The summed E-state index contributed by atoms with van der Waals surface area (Å²) in [6.45, 7) is 7.47. The van der Waals surface area contributed by atoms with Gasteiger partial charge in [0.25, 0.3) is 5.91 Å². The van der Waals surface area contributed by atoms with Crippen molar-refractivity contribution in [3.8, 4) is 0 Å². The molecule has 202 valence electrons. The van der Waals surface area contributed by atoms with E-state index in [2.05, 4.69) is 10.2 Å². The molecule has 0 aliphatic carbocycles. The fourth-order valence-electron chi connectivity index (χ4n) is 5.26. The van der Waals surface area contributed by atoms with Crippen LogP contribution in [0.1, 0.15) is 66.9 Å². The van der Waals surface area contributed by atoms with E-state index in [1.807, 2.05) is 6.07 Å². The van der Waals surface area contributed by atoms with E-state index in [9.17, 15) is 18.8 Å². The molecule has 4 rings (SSSR count). The molecule has 1 unspecified atom stereocenters. The highest BCUT2D eigenvalue weighted by Gasteiger charge is 2.37. The Labute approximate surface area is 223 Å². The van der Waals surface area contributed by atoms with Crippen molar-refractivity contribution in [2.45, 2.75) is 52.0 Å². The number of halogens is 1. The number of amides is 2. The minimum atomic E-state index is -0.518. The normalized spacial score (nSPS) is 18.4. The first-order valence-corrected chi connectivity index (χ1v) is 13.4. The monoisotopic (exact) mass is 521 g/mol. The molecule has 2 aliphatic heterocycles. The molecule has 0 spiro atoms. The van der Waals surface area contributed by atoms with Gasteiger partial charge in [0.1, 0.15) is 5.82 Å². The van der Waals surface area contributed by atoms with Crippen LogP contribution in [0.25, 0.3) is 0 Å². The molecule has 2 aromatic rings. The van der Waals surface area contributed by atoms with Crippen LogP contribution in [0, 0.1) is 5.82 Å². The fourth-order valence-corrected chi connectivity index (χ4v) is 5.26. The summed E-state index contributed by atoms with van der Waals surface area (Å²) >= 11 is 0. The maximum atomic E-state index is 13.5. The molecule has 2 aliphatic rings. The van der Waals surface area contributed by atoms with E-state index in [-0.39, 0.29) is 37.2 Å². The van der Waals surface area contributed by atoms with Gasteiger partial charge in [-0.15, -0.1) is 0 Å². The van der Waals surface area contributed by atoms with Gasteiger partial charge in [0.15, 0.2) is 0 Å². The Morgan fingerprint density at radius 2 is 1.82 bits per heavy atom. The molecule has 2 aromatic carbocycles. The first kappa shape index (κ1) is 27.5.